The van der Waals surface area contributed by atoms with Crippen molar-refractivity contribution in [3.8, 4) is 6.07 Å². The number of benzene rings is 1. The van der Waals surface area contributed by atoms with Gasteiger partial charge >= 0.3 is 6.03 Å². The van der Waals surface area contributed by atoms with Gasteiger partial charge in [0.1, 0.15) is 0 Å². The molecule has 0 aromatic heterocycles. The van der Waals surface area contributed by atoms with E-state index in [1.807, 2.05) is 32.9 Å². The molecule has 1 aromatic rings. The van der Waals surface area contributed by atoms with Crippen LogP contribution in [0.15, 0.2) is 36.5 Å². The molecule has 0 atom stereocenters. The second kappa shape index (κ2) is 5.87. The van der Waals surface area contributed by atoms with Gasteiger partial charge in [-0.2, -0.15) is 5.26 Å². The second-order valence-corrected chi connectivity index (χ2v) is 4.99. The first-order chi connectivity index (χ1) is 8.40. The third kappa shape index (κ3) is 5.17. The Morgan fingerprint density at radius 3 is 2.39 bits per heavy atom. The Hall–Kier alpha value is -2.28. The molecule has 0 bridgehead atoms. The highest BCUT2D eigenvalue weighted by molar-refractivity contribution is 5.89. The summed E-state index contributed by atoms with van der Waals surface area (Å²) < 4.78 is 0. The van der Waals surface area contributed by atoms with Crippen LogP contribution in [-0.2, 0) is 0 Å². The number of nitriles is 1. The van der Waals surface area contributed by atoms with E-state index in [4.69, 9.17) is 5.26 Å². The van der Waals surface area contributed by atoms with E-state index in [-0.39, 0.29) is 11.4 Å². The zero-order chi connectivity index (χ0) is 13.6. The van der Waals surface area contributed by atoms with E-state index in [1.165, 1.54) is 0 Å². The molecule has 18 heavy (non-hydrogen) atoms. The summed E-state index contributed by atoms with van der Waals surface area (Å²) in [4.78, 5) is 11.5. The molecule has 0 aliphatic carbocycles. The van der Waals surface area contributed by atoms with Gasteiger partial charge in [0.25, 0.3) is 0 Å². The maximum atomic E-state index is 11.5. The summed E-state index contributed by atoms with van der Waals surface area (Å²) >= 11 is 0. The topological polar surface area (TPSA) is 64.9 Å². The van der Waals surface area contributed by atoms with Crippen LogP contribution in [-0.4, -0.2) is 6.03 Å². The van der Waals surface area contributed by atoms with Crippen LogP contribution in [0.3, 0.4) is 0 Å². The van der Waals surface area contributed by atoms with E-state index in [0.717, 1.165) is 0 Å². The molecule has 0 aliphatic rings. The van der Waals surface area contributed by atoms with Crippen LogP contribution in [0.1, 0.15) is 26.3 Å². The Balaban J connectivity index is 2.50. The zero-order valence-electron chi connectivity index (χ0n) is 10.8. The van der Waals surface area contributed by atoms with Gasteiger partial charge in [0.15, 0.2) is 0 Å². The largest absolute Gasteiger partial charge is 0.323 e. The van der Waals surface area contributed by atoms with Gasteiger partial charge in [0.05, 0.1) is 11.6 Å². The van der Waals surface area contributed by atoms with Gasteiger partial charge in [-0.1, -0.05) is 26.8 Å². The number of hydrogen-bond donors (Lipinski definition) is 2. The Bertz CT molecular complexity index is 475. The van der Waals surface area contributed by atoms with Crippen molar-refractivity contribution in [2.75, 3.05) is 5.32 Å². The molecule has 0 fully saturated rings. The van der Waals surface area contributed by atoms with E-state index in [9.17, 15) is 4.79 Å². The minimum absolute atomic E-state index is 0.0295. The zero-order valence-corrected chi connectivity index (χ0v) is 10.8. The van der Waals surface area contributed by atoms with Crippen LogP contribution in [0.25, 0.3) is 0 Å². The molecule has 0 saturated carbocycles. The van der Waals surface area contributed by atoms with Crippen molar-refractivity contribution in [2.45, 2.75) is 20.8 Å². The minimum atomic E-state index is -0.305. The number of allylic oxidation sites excluding steroid dienone is 1. The van der Waals surface area contributed by atoms with Crippen LogP contribution >= 0.6 is 0 Å². The Labute approximate surface area is 107 Å². The summed E-state index contributed by atoms with van der Waals surface area (Å²) in [6, 6.07) is 8.39. The van der Waals surface area contributed by atoms with Crippen molar-refractivity contribution in [3.63, 3.8) is 0 Å². The molecular formula is C14H17N3O. The van der Waals surface area contributed by atoms with Crippen molar-refractivity contribution in [1.29, 1.82) is 5.26 Å². The molecule has 0 spiro atoms. The first-order valence-electron chi connectivity index (χ1n) is 5.66. The van der Waals surface area contributed by atoms with Crippen molar-refractivity contribution in [3.05, 3.63) is 42.1 Å². The van der Waals surface area contributed by atoms with Gasteiger partial charge in [-0.15, -0.1) is 0 Å². The predicted octanol–water partition coefficient (Wildman–Crippen LogP) is 3.24. The first-order valence-corrected chi connectivity index (χ1v) is 5.66. The lowest BCUT2D eigenvalue weighted by atomic mass is 9.97. The Morgan fingerprint density at radius 2 is 1.89 bits per heavy atom. The van der Waals surface area contributed by atoms with Gasteiger partial charge in [-0.3, -0.25) is 0 Å². The number of rotatable bonds is 2. The Kier molecular flexibility index (Phi) is 4.50. The molecule has 1 aromatic carbocycles. The summed E-state index contributed by atoms with van der Waals surface area (Å²) in [5, 5.41) is 13.9. The van der Waals surface area contributed by atoms with E-state index < -0.39 is 0 Å². The lowest BCUT2D eigenvalue weighted by Gasteiger charge is -2.11. The molecule has 0 radical (unpaired) electrons. The SMILES string of the molecule is CC(C)(C)/C=C/NC(=O)Nc1ccc(C#N)cc1. The van der Waals surface area contributed by atoms with Crippen molar-refractivity contribution in [1.82, 2.24) is 5.32 Å². The average molecular weight is 243 g/mol. The monoisotopic (exact) mass is 243 g/mol. The lowest BCUT2D eigenvalue weighted by Crippen LogP contribution is -2.24. The van der Waals surface area contributed by atoms with Crippen LogP contribution < -0.4 is 10.6 Å². The summed E-state index contributed by atoms with van der Waals surface area (Å²) in [6.45, 7) is 6.14. The summed E-state index contributed by atoms with van der Waals surface area (Å²) in [5.74, 6) is 0. The lowest BCUT2D eigenvalue weighted by molar-refractivity contribution is 0.255. The number of nitrogens with one attached hydrogen (secondary N) is 2. The molecule has 1 rings (SSSR count). The normalized spacial score (nSPS) is 11.0. The molecule has 0 saturated heterocycles. The smallest absolute Gasteiger partial charge is 0.315 e. The average Bonchev–Trinajstić information content (AvgIpc) is 2.28. The number of amides is 2. The summed E-state index contributed by atoms with van der Waals surface area (Å²) in [5.41, 5.74) is 1.24. The molecule has 4 nitrogen and oxygen atoms in total. The number of carbonyl (C=O) groups excluding carboxylic acids is 1. The number of anilines is 1. The standard InChI is InChI=1S/C14H17N3O/c1-14(2,3)8-9-16-13(18)17-12-6-4-11(10-15)5-7-12/h4-9H,1-3H3,(H2,16,17,18)/b9-8+. The first kappa shape index (κ1) is 13.8. The molecule has 4 heteroatoms. The van der Waals surface area contributed by atoms with Gasteiger partial charge in [0, 0.05) is 11.9 Å². The predicted molar refractivity (Wildman–Crippen MR) is 71.9 cm³/mol. The van der Waals surface area contributed by atoms with Gasteiger partial charge in [-0.05, 0) is 29.7 Å². The van der Waals surface area contributed by atoms with E-state index in [2.05, 4.69) is 10.6 Å². The highest BCUT2D eigenvalue weighted by Crippen LogP contribution is 2.13. The highest BCUT2D eigenvalue weighted by atomic mass is 16.2. The third-order valence-electron chi connectivity index (χ3n) is 2.07. The van der Waals surface area contributed by atoms with Crippen LogP contribution in [0, 0.1) is 16.7 Å². The van der Waals surface area contributed by atoms with Crippen molar-refractivity contribution >= 4 is 11.7 Å². The quantitative estimate of drug-likeness (QED) is 0.837. The molecule has 0 heterocycles. The fraction of sp³-hybridized carbons (Fsp3) is 0.286. The highest BCUT2D eigenvalue weighted by Gasteiger charge is 2.04. The maximum absolute atomic E-state index is 11.5. The minimum Gasteiger partial charge on any atom is -0.315 e. The number of hydrogen-bond acceptors (Lipinski definition) is 2. The molecular weight excluding hydrogens is 226 g/mol. The fourth-order valence-electron chi connectivity index (χ4n) is 1.16. The third-order valence-corrected chi connectivity index (χ3v) is 2.07. The molecule has 0 unspecified atom stereocenters. The van der Waals surface area contributed by atoms with Crippen molar-refractivity contribution in [2.24, 2.45) is 5.41 Å². The molecule has 94 valence electrons. The number of carbonyl (C=O) groups is 1. The van der Waals surface area contributed by atoms with Crippen LogP contribution in [0.4, 0.5) is 10.5 Å². The van der Waals surface area contributed by atoms with Gasteiger partial charge < -0.3 is 10.6 Å². The number of nitrogens with zero attached hydrogens (tertiary/aromatic N) is 1. The molecule has 2 N–H and O–H groups in total. The summed E-state index contributed by atoms with van der Waals surface area (Å²) in [6.07, 6.45) is 3.53. The van der Waals surface area contributed by atoms with Crippen LogP contribution in [0.2, 0.25) is 0 Å². The van der Waals surface area contributed by atoms with E-state index in [1.54, 1.807) is 30.5 Å². The number of urea groups is 1. The van der Waals surface area contributed by atoms with E-state index >= 15 is 0 Å². The van der Waals surface area contributed by atoms with Gasteiger partial charge in [-0.25, -0.2) is 4.79 Å². The maximum Gasteiger partial charge on any atom is 0.323 e. The van der Waals surface area contributed by atoms with Crippen molar-refractivity contribution < 1.29 is 4.79 Å². The van der Waals surface area contributed by atoms with E-state index in [0.29, 0.717) is 11.3 Å². The Morgan fingerprint density at radius 1 is 1.28 bits per heavy atom. The molecule has 2 amide bonds. The molecule has 0 aliphatic heterocycles. The summed E-state index contributed by atoms with van der Waals surface area (Å²) in [7, 11) is 0. The fourth-order valence-corrected chi connectivity index (χ4v) is 1.16. The second-order valence-electron chi connectivity index (χ2n) is 4.99. The van der Waals surface area contributed by atoms with Gasteiger partial charge in [0.2, 0.25) is 0 Å². The van der Waals surface area contributed by atoms with Crippen LogP contribution in [0.5, 0.6) is 0 Å².